The summed E-state index contributed by atoms with van der Waals surface area (Å²) < 4.78 is 16.7. The van der Waals surface area contributed by atoms with E-state index >= 15 is 0 Å². The van der Waals surface area contributed by atoms with E-state index in [0.717, 1.165) is 46.1 Å². The second-order valence-electron chi connectivity index (χ2n) is 7.05. The predicted molar refractivity (Wildman–Crippen MR) is 103 cm³/mol. The summed E-state index contributed by atoms with van der Waals surface area (Å²) in [5, 5.41) is 4.54. The zero-order valence-electron chi connectivity index (χ0n) is 15.2. The molecule has 0 saturated heterocycles. The number of fused-ring (bicyclic) bond motifs is 4. The van der Waals surface area contributed by atoms with Gasteiger partial charge in [0.25, 0.3) is 5.91 Å². The molecule has 7 heteroatoms. The van der Waals surface area contributed by atoms with Crippen molar-refractivity contribution in [2.75, 3.05) is 6.79 Å². The lowest BCUT2D eigenvalue weighted by molar-refractivity contribution is 0.0920. The van der Waals surface area contributed by atoms with Crippen LogP contribution in [0.4, 0.5) is 0 Å². The van der Waals surface area contributed by atoms with Crippen LogP contribution in [-0.4, -0.2) is 23.0 Å². The molecule has 1 N–H and O–H groups in total. The minimum absolute atomic E-state index is 0.123. The fourth-order valence-electron chi connectivity index (χ4n) is 4.02. The Balaban J connectivity index is 1.35. The van der Waals surface area contributed by atoms with Gasteiger partial charge in [0.15, 0.2) is 17.3 Å². The molecule has 0 bridgehead atoms. The Bertz CT molecular complexity index is 965. The first-order valence-corrected chi connectivity index (χ1v) is 9.98. The van der Waals surface area contributed by atoms with Gasteiger partial charge >= 0.3 is 0 Å². The Labute approximate surface area is 161 Å². The van der Waals surface area contributed by atoms with Crippen LogP contribution in [0.15, 0.2) is 27.6 Å². The van der Waals surface area contributed by atoms with Crippen molar-refractivity contribution in [2.24, 2.45) is 4.99 Å². The third kappa shape index (κ3) is 2.81. The molecule has 2 aliphatic heterocycles. The lowest BCUT2D eigenvalue weighted by Crippen LogP contribution is -2.23. The van der Waals surface area contributed by atoms with Crippen molar-refractivity contribution in [3.05, 3.63) is 46.4 Å². The number of nitrogens with zero attached hydrogens (tertiary/aromatic N) is 1. The summed E-state index contributed by atoms with van der Waals surface area (Å²) in [4.78, 5) is 17.5. The molecule has 0 unspecified atom stereocenters. The molecule has 5 rings (SSSR count). The smallest absolute Gasteiger partial charge is 0.287 e. The Morgan fingerprint density at radius 1 is 1.30 bits per heavy atom. The molecule has 0 spiro atoms. The highest BCUT2D eigenvalue weighted by atomic mass is 32.2. The Kier molecular flexibility index (Phi) is 3.93. The number of hydrogen-bond acceptors (Lipinski definition) is 6. The zero-order chi connectivity index (χ0) is 18.5. The molecule has 140 valence electrons. The first kappa shape index (κ1) is 16.7. The number of carbonyl (C=O) groups excluding carboxylic acids is 1. The van der Waals surface area contributed by atoms with E-state index in [-0.39, 0.29) is 18.7 Å². The lowest BCUT2D eigenvalue weighted by Gasteiger charge is -2.22. The molecule has 27 heavy (non-hydrogen) atoms. The minimum atomic E-state index is -0.192. The molecule has 2 atom stereocenters. The van der Waals surface area contributed by atoms with Crippen LogP contribution in [0.1, 0.15) is 52.4 Å². The quantitative estimate of drug-likeness (QED) is 0.872. The molecule has 0 saturated carbocycles. The highest BCUT2D eigenvalue weighted by Crippen LogP contribution is 2.47. The first-order chi connectivity index (χ1) is 13.1. The van der Waals surface area contributed by atoms with Crippen LogP contribution < -0.4 is 14.8 Å². The van der Waals surface area contributed by atoms with Crippen LogP contribution in [0.25, 0.3) is 0 Å². The summed E-state index contributed by atoms with van der Waals surface area (Å²) >= 11 is 1.84. The number of aliphatic imine (C=N–C) groups is 1. The topological polar surface area (TPSA) is 73.1 Å². The van der Waals surface area contributed by atoms with Crippen LogP contribution in [0.2, 0.25) is 0 Å². The molecule has 1 aromatic heterocycles. The Hall–Kier alpha value is -2.41. The van der Waals surface area contributed by atoms with Crippen LogP contribution in [0, 0.1) is 6.92 Å². The van der Waals surface area contributed by atoms with E-state index in [2.05, 4.69) is 12.2 Å². The number of rotatable bonds is 3. The number of ether oxygens (including phenoxy) is 2. The van der Waals surface area contributed by atoms with Crippen LogP contribution in [0.3, 0.4) is 0 Å². The van der Waals surface area contributed by atoms with Gasteiger partial charge in [0.1, 0.15) is 5.76 Å². The van der Waals surface area contributed by atoms with E-state index in [0.29, 0.717) is 23.3 Å². The molecule has 3 aliphatic rings. The molecule has 1 amide bonds. The van der Waals surface area contributed by atoms with Gasteiger partial charge in [0.2, 0.25) is 6.79 Å². The van der Waals surface area contributed by atoms with E-state index in [9.17, 15) is 4.79 Å². The van der Waals surface area contributed by atoms with Crippen molar-refractivity contribution >= 4 is 22.7 Å². The summed E-state index contributed by atoms with van der Waals surface area (Å²) in [7, 11) is 0. The molecule has 0 radical (unpaired) electrons. The summed E-state index contributed by atoms with van der Waals surface area (Å²) in [5.41, 5.74) is 2.99. The maximum absolute atomic E-state index is 12.7. The molecule has 2 aromatic rings. The second-order valence-corrected chi connectivity index (χ2v) is 8.48. The molecular weight excluding hydrogens is 364 g/mol. The minimum Gasteiger partial charge on any atom is -0.455 e. The van der Waals surface area contributed by atoms with E-state index in [1.165, 1.54) is 0 Å². The fourth-order valence-corrected chi connectivity index (χ4v) is 5.20. The van der Waals surface area contributed by atoms with Crippen LogP contribution in [0.5, 0.6) is 11.5 Å². The summed E-state index contributed by atoms with van der Waals surface area (Å²) in [5.74, 6) is 2.58. The van der Waals surface area contributed by atoms with E-state index in [4.69, 9.17) is 18.9 Å². The van der Waals surface area contributed by atoms with Gasteiger partial charge in [-0.15, -0.1) is 11.8 Å². The number of aryl methyl sites for hydroxylation is 1. The first-order valence-electron chi connectivity index (χ1n) is 9.10. The van der Waals surface area contributed by atoms with Gasteiger partial charge in [-0.3, -0.25) is 9.79 Å². The van der Waals surface area contributed by atoms with Gasteiger partial charge in [-0.25, -0.2) is 0 Å². The van der Waals surface area contributed by atoms with Crippen molar-refractivity contribution in [1.29, 1.82) is 0 Å². The van der Waals surface area contributed by atoms with Crippen molar-refractivity contribution in [1.82, 2.24) is 5.32 Å². The SMILES string of the molecule is CC1=N[C@H]2c3c(oc(C(=O)NCc4ccc5c(c4)OCO5)c3C)CC[C@H]2S1. The van der Waals surface area contributed by atoms with Gasteiger partial charge in [-0.2, -0.15) is 0 Å². The largest absolute Gasteiger partial charge is 0.455 e. The van der Waals surface area contributed by atoms with Crippen molar-refractivity contribution in [3.8, 4) is 11.5 Å². The normalized spacial score (nSPS) is 22.2. The average molecular weight is 384 g/mol. The number of nitrogens with one attached hydrogen (secondary N) is 1. The van der Waals surface area contributed by atoms with E-state index in [1.807, 2.05) is 36.9 Å². The number of carbonyl (C=O) groups is 1. The third-order valence-corrected chi connectivity index (χ3v) is 6.56. The summed E-state index contributed by atoms with van der Waals surface area (Å²) in [6.45, 7) is 4.66. The number of amides is 1. The van der Waals surface area contributed by atoms with Crippen molar-refractivity contribution < 1.29 is 18.7 Å². The van der Waals surface area contributed by atoms with Crippen LogP contribution in [-0.2, 0) is 13.0 Å². The maximum atomic E-state index is 12.7. The number of hydrogen-bond donors (Lipinski definition) is 1. The third-order valence-electron chi connectivity index (χ3n) is 5.31. The summed E-state index contributed by atoms with van der Waals surface area (Å²) in [6, 6.07) is 5.79. The number of thioether (sulfide) groups is 1. The molecule has 1 aliphatic carbocycles. The fraction of sp³-hybridized carbons (Fsp3) is 0.400. The lowest BCUT2D eigenvalue weighted by atomic mass is 9.90. The zero-order valence-corrected chi connectivity index (χ0v) is 16.0. The van der Waals surface area contributed by atoms with Gasteiger partial charge in [0.05, 0.1) is 11.1 Å². The highest BCUT2D eigenvalue weighted by molar-refractivity contribution is 8.14. The number of furan rings is 1. The molecule has 3 heterocycles. The standard InChI is InChI=1S/C20H20N2O4S/c1-10-17-14(5-6-16-18(17)22-11(2)27-16)26-19(10)20(23)21-8-12-3-4-13-15(7-12)25-9-24-13/h3-4,7,16,18H,5-6,8-9H2,1-2H3,(H,21,23)/t16-,18-/m1/s1. The highest BCUT2D eigenvalue weighted by Gasteiger charge is 2.39. The number of benzene rings is 1. The predicted octanol–water partition coefficient (Wildman–Crippen LogP) is 3.77. The molecule has 1 aromatic carbocycles. The summed E-state index contributed by atoms with van der Waals surface area (Å²) in [6.07, 6.45) is 1.90. The van der Waals surface area contributed by atoms with Crippen molar-refractivity contribution in [3.63, 3.8) is 0 Å². The van der Waals surface area contributed by atoms with Gasteiger partial charge < -0.3 is 19.2 Å². The van der Waals surface area contributed by atoms with Gasteiger partial charge in [-0.05, 0) is 38.0 Å². The van der Waals surface area contributed by atoms with E-state index in [1.54, 1.807) is 0 Å². The van der Waals surface area contributed by atoms with Gasteiger partial charge in [-0.1, -0.05) is 6.07 Å². The second kappa shape index (κ2) is 6.34. The van der Waals surface area contributed by atoms with Gasteiger partial charge in [0, 0.05) is 29.3 Å². The Morgan fingerprint density at radius 2 is 2.15 bits per heavy atom. The van der Waals surface area contributed by atoms with Crippen LogP contribution >= 0.6 is 11.8 Å². The molecular formula is C20H20N2O4S. The monoisotopic (exact) mass is 384 g/mol. The average Bonchev–Trinajstić information content (AvgIpc) is 3.35. The van der Waals surface area contributed by atoms with Crippen molar-refractivity contribution in [2.45, 2.75) is 44.5 Å². The Morgan fingerprint density at radius 3 is 3.04 bits per heavy atom. The molecule has 0 fully saturated rings. The van der Waals surface area contributed by atoms with E-state index < -0.39 is 0 Å². The maximum Gasteiger partial charge on any atom is 0.287 e. The molecule has 6 nitrogen and oxygen atoms in total.